The van der Waals surface area contributed by atoms with Gasteiger partial charge in [0, 0.05) is 26.1 Å². The summed E-state index contributed by atoms with van der Waals surface area (Å²) in [5.41, 5.74) is 1.13. The first-order valence-corrected chi connectivity index (χ1v) is 16.4. The lowest BCUT2D eigenvalue weighted by atomic mass is 9.46. The minimum Gasteiger partial charge on any atom is -0.387 e. The number of hydrogen-bond acceptors (Lipinski definition) is 5. The molecule has 7 nitrogen and oxygen atoms in total. The van der Waals surface area contributed by atoms with Crippen molar-refractivity contribution >= 4 is 20.0 Å². The number of amides is 3. The van der Waals surface area contributed by atoms with Crippen LogP contribution in [0.2, 0.25) is 25.7 Å². The zero-order valence-corrected chi connectivity index (χ0v) is 22.2. The van der Waals surface area contributed by atoms with E-state index in [2.05, 4.69) is 62.0 Å². The fourth-order valence-corrected chi connectivity index (χ4v) is 7.76. The first-order valence-electron chi connectivity index (χ1n) is 12.7. The number of carbonyl (C=O) groups excluding carboxylic acids is 2. The van der Waals surface area contributed by atoms with Gasteiger partial charge in [-0.25, -0.2) is 9.69 Å². The minimum absolute atomic E-state index is 0.00474. The number of piperidine rings is 1. The van der Waals surface area contributed by atoms with E-state index in [4.69, 9.17) is 4.74 Å². The van der Waals surface area contributed by atoms with Gasteiger partial charge >= 0.3 is 6.03 Å². The molecule has 5 rings (SSSR count). The van der Waals surface area contributed by atoms with Crippen LogP contribution >= 0.6 is 0 Å². The van der Waals surface area contributed by atoms with Crippen molar-refractivity contribution < 1.29 is 19.4 Å². The fourth-order valence-electron chi connectivity index (χ4n) is 7.00. The van der Waals surface area contributed by atoms with E-state index in [0.29, 0.717) is 25.9 Å². The number of ether oxygens (including phenoxy) is 1. The molecule has 0 unspecified atom stereocenters. The Hall–Kier alpha value is -1.74. The number of nitrogens with one attached hydrogen (secondary N) is 1. The molecule has 4 aliphatic rings. The lowest BCUT2D eigenvalue weighted by Gasteiger charge is -2.65. The van der Waals surface area contributed by atoms with Crippen LogP contribution in [0.1, 0.15) is 42.4 Å². The Labute approximate surface area is 203 Å². The number of aliphatic hydroxyl groups is 1. The van der Waals surface area contributed by atoms with Gasteiger partial charge in [0.05, 0.1) is 5.60 Å². The molecule has 1 aromatic carbocycles. The molecule has 1 saturated carbocycles. The highest BCUT2D eigenvalue weighted by Crippen LogP contribution is 2.60. The molecule has 2 heterocycles. The molecule has 0 aromatic heterocycles. The summed E-state index contributed by atoms with van der Waals surface area (Å²) in [7, 11) is 0.841. The summed E-state index contributed by atoms with van der Waals surface area (Å²) in [5, 5.41) is 15.4. The topological polar surface area (TPSA) is 82.1 Å². The quantitative estimate of drug-likeness (QED) is 0.381. The summed E-state index contributed by atoms with van der Waals surface area (Å²) in [6.07, 6.45) is 2.96. The molecule has 2 N–H and O–H groups in total. The van der Waals surface area contributed by atoms with Crippen molar-refractivity contribution in [2.75, 3.05) is 26.9 Å². The van der Waals surface area contributed by atoms with Gasteiger partial charge in [0.2, 0.25) is 0 Å². The average Bonchev–Trinajstić information content (AvgIpc) is 2.98. The number of urea groups is 1. The van der Waals surface area contributed by atoms with Crippen LogP contribution < -0.4 is 5.32 Å². The Morgan fingerprint density at radius 2 is 1.97 bits per heavy atom. The first kappa shape index (κ1) is 24.0. The molecule has 1 spiro atoms. The SMILES string of the molecule is Cc1ccc2c(c1)[C@]13CCN(C)[C@H](C2)[C@]1(O)CC[C@@]1(C3)NC(=O)N(COCC[Si](C)(C)C)C1=O. The van der Waals surface area contributed by atoms with Gasteiger partial charge in [-0.1, -0.05) is 43.4 Å². The van der Waals surface area contributed by atoms with Crippen molar-refractivity contribution in [2.45, 2.75) is 87.3 Å². The summed E-state index contributed by atoms with van der Waals surface area (Å²) in [4.78, 5) is 30.2. The summed E-state index contributed by atoms with van der Waals surface area (Å²) >= 11 is 0. The number of likely N-dealkylation sites (tertiary alicyclic amines) is 1. The third-order valence-corrected chi connectivity index (χ3v) is 10.7. The number of nitrogens with zero attached hydrogens (tertiary/aromatic N) is 2. The summed E-state index contributed by atoms with van der Waals surface area (Å²) in [5.74, 6) is -0.197. The van der Waals surface area contributed by atoms with Crippen LogP contribution in [0.4, 0.5) is 4.79 Å². The lowest BCUT2D eigenvalue weighted by molar-refractivity contribution is -0.177. The Morgan fingerprint density at radius 3 is 2.71 bits per heavy atom. The van der Waals surface area contributed by atoms with Crippen LogP contribution in [0, 0.1) is 6.92 Å². The number of imide groups is 1. The summed E-state index contributed by atoms with van der Waals surface area (Å²) in [6.45, 7) is 10.3. The molecule has 1 aromatic rings. The normalized spacial score (nSPS) is 35.4. The standard InChI is InChI=1S/C26H39N3O4Si/c1-18-6-7-19-15-21-26(32)9-8-25(16-24(26,20(19)14-18)10-11-28(21)2)22(30)29(23(31)27-25)17-33-12-13-34(3,4)5/h6-7,14,21,32H,8-13,15-17H2,1-5H3,(H,27,31)/t21-,24-,25+,26-/m1/s1. The molecule has 2 saturated heterocycles. The molecule has 2 aliphatic carbocycles. The predicted molar refractivity (Wildman–Crippen MR) is 133 cm³/mol. The van der Waals surface area contributed by atoms with E-state index in [0.717, 1.165) is 31.0 Å². The first-order chi connectivity index (χ1) is 15.9. The molecule has 4 atom stereocenters. The Kier molecular flexibility index (Phi) is 5.56. The van der Waals surface area contributed by atoms with Crippen molar-refractivity contribution in [3.8, 4) is 0 Å². The largest absolute Gasteiger partial charge is 0.387 e. The van der Waals surface area contributed by atoms with E-state index in [-0.39, 0.29) is 24.7 Å². The zero-order valence-electron chi connectivity index (χ0n) is 21.2. The summed E-state index contributed by atoms with van der Waals surface area (Å²) in [6, 6.07) is 7.16. The third kappa shape index (κ3) is 3.48. The second kappa shape index (κ2) is 7.88. The molecule has 34 heavy (non-hydrogen) atoms. The van der Waals surface area contributed by atoms with Gasteiger partial charge in [0.15, 0.2) is 0 Å². The van der Waals surface area contributed by atoms with Crippen LogP contribution in [0.15, 0.2) is 18.2 Å². The van der Waals surface area contributed by atoms with Crippen LogP contribution in [0.3, 0.4) is 0 Å². The van der Waals surface area contributed by atoms with Crippen molar-refractivity contribution in [1.82, 2.24) is 15.1 Å². The molecular formula is C26H39N3O4Si. The van der Waals surface area contributed by atoms with E-state index in [1.807, 2.05) is 0 Å². The van der Waals surface area contributed by atoms with Crippen molar-refractivity contribution in [3.63, 3.8) is 0 Å². The maximum Gasteiger partial charge on any atom is 0.326 e. The van der Waals surface area contributed by atoms with E-state index in [9.17, 15) is 14.7 Å². The molecule has 2 aliphatic heterocycles. The van der Waals surface area contributed by atoms with Crippen LogP contribution in [0.5, 0.6) is 0 Å². The van der Waals surface area contributed by atoms with Crippen molar-refractivity contribution in [2.24, 2.45) is 0 Å². The van der Waals surface area contributed by atoms with Crippen LogP contribution in [0.25, 0.3) is 0 Å². The highest BCUT2D eigenvalue weighted by molar-refractivity contribution is 6.76. The maximum absolute atomic E-state index is 13.7. The van der Waals surface area contributed by atoms with Gasteiger partial charge < -0.3 is 20.1 Å². The van der Waals surface area contributed by atoms with Crippen LogP contribution in [-0.4, -0.2) is 79.0 Å². The molecule has 2 bridgehead atoms. The zero-order chi connectivity index (χ0) is 24.5. The van der Waals surface area contributed by atoms with Gasteiger partial charge in [-0.3, -0.25) is 4.79 Å². The molecule has 0 radical (unpaired) electrons. The number of fused-ring (bicyclic) bond motifs is 1. The van der Waals surface area contributed by atoms with Gasteiger partial charge in [0.25, 0.3) is 5.91 Å². The number of likely N-dealkylation sites (N-methyl/N-ethyl adjacent to an activating group) is 1. The van der Waals surface area contributed by atoms with Gasteiger partial charge in [-0.2, -0.15) is 0 Å². The van der Waals surface area contributed by atoms with Gasteiger partial charge in [0.1, 0.15) is 12.3 Å². The molecule has 3 fully saturated rings. The van der Waals surface area contributed by atoms with E-state index in [1.165, 1.54) is 16.0 Å². The highest BCUT2D eigenvalue weighted by Gasteiger charge is 2.69. The third-order valence-electron chi connectivity index (χ3n) is 9.00. The average molecular weight is 486 g/mol. The highest BCUT2D eigenvalue weighted by atomic mass is 28.3. The number of rotatable bonds is 5. The number of aryl methyl sites for hydroxylation is 1. The van der Waals surface area contributed by atoms with Crippen LogP contribution in [-0.2, 0) is 21.4 Å². The second-order valence-electron chi connectivity index (χ2n) is 12.4. The Bertz CT molecular complexity index is 1030. The molecule has 186 valence electrons. The molecule has 3 amide bonds. The number of carbonyl (C=O) groups is 2. The maximum atomic E-state index is 13.7. The molecule has 8 heteroatoms. The lowest BCUT2D eigenvalue weighted by Crippen LogP contribution is -2.75. The number of hydrogen-bond donors (Lipinski definition) is 2. The number of benzene rings is 1. The van der Waals surface area contributed by atoms with E-state index >= 15 is 0 Å². The molecular weight excluding hydrogens is 446 g/mol. The van der Waals surface area contributed by atoms with E-state index in [1.54, 1.807) is 0 Å². The fraction of sp³-hybridized carbons (Fsp3) is 0.692. The van der Waals surface area contributed by atoms with Gasteiger partial charge in [-0.05, 0) is 69.8 Å². The van der Waals surface area contributed by atoms with E-state index < -0.39 is 24.6 Å². The second-order valence-corrected chi connectivity index (χ2v) is 18.0. The Balaban J connectivity index is 1.46. The van der Waals surface area contributed by atoms with Crippen molar-refractivity contribution in [3.05, 3.63) is 34.9 Å². The minimum atomic E-state index is -1.25. The smallest absolute Gasteiger partial charge is 0.326 e. The van der Waals surface area contributed by atoms with Gasteiger partial charge in [-0.15, -0.1) is 0 Å². The summed E-state index contributed by atoms with van der Waals surface area (Å²) < 4.78 is 5.78. The predicted octanol–water partition coefficient (Wildman–Crippen LogP) is 3.01. The Morgan fingerprint density at radius 1 is 1.21 bits per heavy atom. The van der Waals surface area contributed by atoms with Crippen molar-refractivity contribution in [1.29, 1.82) is 0 Å². The monoisotopic (exact) mass is 485 g/mol.